The lowest BCUT2D eigenvalue weighted by molar-refractivity contribution is 0.0921. The summed E-state index contributed by atoms with van der Waals surface area (Å²) < 4.78 is 6.59. The van der Waals surface area contributed by atoms with Crippen molar-refractivity contribution in [3.8, 4) is 5.75 Å². The zero-order valence-electron chi connectivity index (χ0n) is 11.4. The molecule has 0 atom stereocenters. The van der Waals surface area contributed by atoms with Crippen molar-refractivity contribution in [2.24, 2.45) is 0 Å². The van der Waals surface area contributed by atoms with Gasteiger partial charge in [0.25, 0.3) is 0 Å². The van der Waals surface area contributed by atoms with E-state index in [4.69, 9.17) is 4.74 Å². The Kier molecular flexibility index (Phi) is 5.26. The van der Waals surface area contributed by atoms with E-state index in [1.54, 1.807) is 11.8 Å². The fourth-order valence-electron chi connectivity index (χ4n) is 1.78. The Labute approximate surface area is 131 Å². The van der Waals surface area contributed by atoms with E-state index in [9.17, 15) is 4.79 Å². The van der Waals surface area contributed by atoms with Gasteiger partial charge in [0.15, 0.2) is 12.4 Å². The van der Waals surface area contributed by atoms with Gasteiger partial charge in [-0.1, -0.05) is 28.1 Å². The Hall–Kier alpha value is -1.26. The first-order chi connectivity index (χ1) is 9.60. The molecule has 0 saturated carbocycles. The quantitative estimate of drug-likeness (QED) is 0.575. The van der Waals surface area contributed by atoms with Crippen LogP contribution in [0.3, 0.4) is 0 Å². The summed E-state index contributed by atoms with van der Waals surface area (Å²) >= 11 is 5.06. The van der Waals surface area contributed by atoms with Crippen LogP contribution >= 0.6 is 27.7 Å². The highest BCUT2D eigenvalue weighted by molar-refractivity contribution is 9.10. The van der Waals surface area contributed by atoms with Crippen molar-refractivity contribution in [3.63, 3.8) is 0 Å². The molecule has 0 radical (unpaired) electrons. The van der Waals surface area contributed by atoms with E-state index in [1.807, 2.05) is 55.6 Å². The molecule has 0 amide bonds. The summed E-state index contributed by atoms with van der Waals surface area (Å²) in [5.41, 5.74) is 1.68. The maximum absolute atomic E-state index is 12.1. The summed E-state index contributed by atoms with van der Waals surface area (Å²) in [7, 11) is 0. The van der Waals surface area contributed by atoms with Gasteiger partial charge in [0, 0.05) is 14.9 Å². The van der Waals surface area contributed by atoms with Crippen LogP contribution in [0.1, 0.15) is 15.9 Å². The second-order valence-corrected chi connectivity index (χ2v) is 6.15. The average Bonchev–Trinajstić information content (AvgIpc) is 2.46. The molecular weight excluding hydrogens is 336 g/mol. The summed E-state index contributed by atoms with van der Waals surface area (Å²) in [6, 6.07) is 13.3. The zero-order valence-corrected chi connectivity index (χ0v) is 13.8. The van der Waals surface area contributed by atoms with E-state index in [-0.39, 0.29) is 12.4 Å². The molecule has 2 aromatic carbocycles. The highest BCUT2D eigenvalue weighted by atomic mass is 79.9. The first-order valence-electron chi connectivity index (χ1n) is 6.16. The van der Waals surface area contributed by atoms with Gasteiger partial charge in [0.1, 0.15) is 5.75 Å². The zero-order chi connectivity index (χ0) is 14.5. The van der Waals surface area contributed by atoms with E-state index >= 15 is 0 Å². The van der Waals surface area contributed by atoms with Crippen LogP contribution in [0.2, 0.25) is 0 Å². The van der Waals surface area contributed by atoms with Gasteiger partial charge in [-0.2, -0.15) is 0 Å². The van der Waals surface area contributed by atoms with Gasteiger partial charge in [-0.05, 0) is 49.1 Å². The third-order valence-electron chi connectivity index (χ3n) is 2.91. The van der Waals surface area contributed by atoms with Crippen molar-refractivity contribution in [3.05, 3.63) is 58.1 Å². The van der Waals surface area contributed by atoms with E-state index in [0.717, 1.165) is 20.7 Å². The Bertz CT molecular complexity index is 608. The molecule has 0 fully saturated rings. The lowest BCUT2D eigenvalue weighted by atomic mass is 10.1. The summed E-state index contributed by atoms with van der Waals surface area (Å²) in [6.45, 7) is 2.01. The molecule has 0 heterocycles. The van der Waals surface area contributed by atoms with Crippen LogP contribution < -0.4 is 4.74 Å². The second-order valence-electron chi connectivity index (χ2n) is 4.35. The Morgan fingerprint density at radius 3 is 2.50 bits per heavy atom. The molecule has 0 aliphatic heterocycles. The van der Waals surface area contributed by atoms with Gasteiger partial charge in [-0.15, -0.1) is 11.8 Å². The Morgan fingerprint density at radius 1 is 1.20 bits per heavy atom. The van der Waals surface area contributed by atoms with Gasteiger partial charge in [0.05, 0.1) is 0 Å². The third-order valence-corrected chi connectivity index (χ3v) is 4.14. The average molecular weight is 351 g/mol. The van der Waals surface area contributed by atoms with Gasteiger partial charge in [-0.3, -0.25) is 4.79 Å². The van der Waals surface area contributed by atoms with Crippen LogP contribution in [0.4, 0.5) is 0 Å². The Balaban J connectivity index is 2.00. The lowest BCUT2D eigenvalue weighted by Gasteiger charge is -2.09. The smallest absolute Gasteiger partial charge is 0.200 e. The van der Waals surface area contributed by atoms with Gasteiger partial charge in [0.2, 0.25) is 0 Å². The number of carbonyl (C=O) groups excluding carboxylic acids is 1. The number of ketones is 1. The molecule has 0 bridgehead atoms. The minimum atomic E-state index is -0.0139. The molecule has 0 aliphatic carbocycles. The van der Waals surface area contributed by atoms with Crippen molar-refractivity contribution in [2.45, 2.75) is 11.8 Å². The molecule has 0 N–H and O–H groups in total. The van der Waals surface area contributed by atoms with Gasteiger partial charge in [-0.25, -0.2) is 0 Å². The number of benzene rings is 2. The van der Waals surface area contributed by atoms with Crippen LogP contribution in [-0.2, 0) is 0 Å². The maximum atomic E-state index is 12.1. The van der Waals surface area contributed by atoms with E-state index < -0.39 is 0 Å². The molecule has 0 saturated heterocycles. The molecule has 104 valence electrons. The highest BCUT2D eigenvalue weighted by Crippen LogP contribution is 2.22. The Morgan fingerprint density at radius 2 is 1.90 bits per heavy atom. The first kappa shape index (κ1) is 15.1. The fraction of sp³-hybridized carbons (Fsp3) is 0.188. The van der Waals surface area contributed by atoms with Crippen molar-refractivity contribution < 1.29 is 9.53 Å². The van der Waals surface area contributed by atoms with Crippen LogP contribution in [0.15, 0.2) is 51.8 Å². The number of halogens is 1. The van der Waals surface area contributed by atoms with E-state index in [1.165, 1.54) is 0 Å². The standard InChI is InChI=1S/C16H15BrO2S/c1-11-9-13(17)5-8-16(11)19-10-15(18)12-3-6-14(20-2)7-4-12/h3-9H,10H2,1-2H3. The van der Waals surface area contributed by atoms with Crippen molar-refractivity contribution >= 4 is 33.5 Å². The molecular formula is C16H15BrO2S. The summed E-state index contributed by atoms with van der Waals surface area (Å²) in [5, 5.41) is 0. The van der Waals surface area contributed by atoms with E-state index in [0.29, 0.717) is 5.56 Å². The fourth-order valence-corrected chi connectivity index (χ4v) is 2.66. The topological polar surface area (TPSA) is 26.3 Å². The molecule has 4 heteroatoms. The molecule has 20 heavy (non-hydrogen) atoms. The van der Waals surface area contributed by atoms with Gasteiger partial charge < -0.3 is 4.74 Å². The van der Waals surface area contributed by atoms with Crippen LogP contribution in [0, 0.1) is 6.92 Å². The SMILES string of the molecule is CSc1ccc(C(=O)COc2ccc(Br)cc2C)cc1. The first-order valence-corrected chi connectivity index (χ1v) is 8.18. The number of hydrogen-bond donors (Lipinski definition) is 0. The molecule has 0 unspecified atom stereocenters. The van der Waals surface area contributed by atoms with E-state index in [2.05, 4.69) is 15.9 Å². The summed E-state index contributed by atoms with van der Waals surface area (Å²) in [5.74, 6) is 0.724. The third kappa shape index (κ3) is 3.87. The molecule has 0 spiro atoms. The predicted molar refractivity (Wildman–Crippen MR) is 86.9 cm³/mol. The van der Waals surface area contributed by atoms with Crippen LogP contribution in [0.5, 0.6) is 5.75 Å². The summed E-state index contributed by atoms with van der Waals surface area (Å²) in [6.07, 6.45) is 2.01. The number of hydrogen-bond acceptors (Lipinski definition) is 3. The molecule has 0 aromatic heterocycles. The number of rotatable bonds is 5. The number of thioether (sulfide) groups is 1. The largest absolute Gasteiger partial charge is 0.485 e. The number of aryl methyl sites for hydroxylation is 1. The maximum Gasteiger partial charge on any atom is 0.200 e. The highest BCUT2D eigenvalue weighted by Gasteiger charge is 2.08. The molecule has 2 aromatic rings. The number of ether oxygens (including phenoxy) is 1. The normalized spacial score (nSPS) is 10.3. The van der Waals surface area contributed by atoms with Crippen LogP contribution in [-0.4, -0.2) is 18.6 Å². The predicted octanol–water partition coefficient (Wildman–Crippen LogP) is 4.74. The number of Topliss-reactive ketones (excluding diaryl/α,β-unsaturated/α-hetero) is 1. The van der Waals surface area contributed by atoms with Crippen molar-refractivity contribution in [1.29, 1.82) is 0 Å². The second kappa shape index (κ2) is 6.95. The monoisotopic (exact) mass is 350 g/mol. The van der Waals surface area contributed by atoms with Crippen molar-refractivity contribution in [2.75, 3.05) is 12.9 Å². The molecule has 2 nitrogen and oxygen atoms in total. The molecule has 2 rings (SSSR count). The van der Waals surface area contributed by atoms with Gasteiger partial charge >= 0.3 is 0 Å². The minimum Gasteiger partial charge on any atom is -0.485 e. The summed E-state index contributed by atoms with van der Waals surface area (Å²) in [4.78, 5) is 13.2. The van der Waals surface area contributed by atoms with Crippen molar-refractivity contribution in [1.82, 2.24) is 0 Å². The van der Waals surface area contributed by atoms with Crippen LogP contribution in [0.25, 0.3) is 0 Å². The minimum absolute atomic E-state index is 0.0139. The molecule has 0 aliphatic rings. The number of carbonyl (C=O) groups is 1. The lowest BCUT2D eigenvalue weighted by Crippen LogP contribution is -2.12.